The average molecular weight is 403 g/mol. The highest BCUT2D eigenvalue weighted by Gasteiger charge is 2.13. The van der Waals surface area contributed by atoms with Crippen molar-refractivity contribution in [3.05, 3.63) is 35.9 Å². The number of methoxy groups -OCH3 is 4. The molecule has 2 N–H and O–H groups in total. The van der Waals surface area contributed by atoms with Crippen molar-refractivity contribution in [1.82, 2.24) is 5.32 Å². The maximum atomic E-state index is 5.62. The van der Waals surface area contributed by atoms with Crippen molar-refractivity contribution < 1.29 is 23.7 Å². The molecule has 0 saturated heterocycles. The molecule has 0 aliphatic carbocycles. The first-order chi connectivity index (χ1) is 14.1. The van der Waals surface area contributed by atoms with E-state index in [2.05, 4.69) is 15.6 Å². The number of hydrogen-bond donors (Lipinski definition) is 2. The van der Waals surface area contributed by atoms with E-state index in [0.717, 1.165) is 11.3 Å². The Morgan fingerprint density at radius 1 is 0.828 bits per heavy atom. The Labute approximate surface area is 171 Å². The molecular weight excluding hydrogens is 374 g/mol. The Kier molecular flexibility index (Phi) is 8.27. The molecule has 0 atom stereocenters. The first-order valence-corrected chi connectivity index (χ1v) is 9.17. The van der Waals surface area contributed by atoms with Gasteiger partial charge in [-0.3, -0.25) is 4.99 Å². The fourth-order valence-corrected chi connectivity index (χ4v) is 2.75. The first kappa shape index (κ1) is 22.0. The van der Waals surface area contributed by atoms with E-state index in [1.807, 2.05) is 31.2 Å². The number of anilines is 1. The molecule has 0 unspecified atom stereocenters. The van der Waals surface area contributed by atoms with Crippen LogP contribution in [0.2, 0.25) is 0 Å². The summed E-state index contributed by atoms with van der Waals surface area (Å²) in [4.78, 5) is 4.27. The van der Waals surface area contributed by atoms with E-state index in [1.54, 1.807) is 41.6 Å². The lowest BCUT2D eigenvalue weighted by atomic mass is 10.1. The van der Waals surface area contributed by atoms with Crippen LogP contribution < -0.4 is 34.3 Å². The molecule has 158 valence electrons. The summed E-state index contributed by atoms with van der Waals surface area (Å²) < 4.78 is 27.1. The quantitative estimate of drug-likeness (QED) is 0.491. The van der Waals surface area contributed by atoms with Crippen LogP contribution >= 0.6 is 0 Å². The third kappa shape index (κ3) is 5.60. The molecule has 0 aliphatic rings. The summed E-state index contributed by atoms with van der Waals surface area (Å²) in [5.74, 6) is 3.86. The predicted molar refractivity (Wildman–Crippen MR) is 114 cm³/mol. The number of ether oxygens (including phenoxy) is 5. The van der Waals surface area contributed by atoms with Gasteiger partial charge in [0.1, 0.15) is 5.75 Å². The van der Waals surface area contributed by atoms with Gasteiger partial charge in [-0.05, 0) is 25.1 Å². The van der Waals surface area contributed by atoms with Gasteiger partial charge in [0.05, 0.1) is 35.0 Å². The number of aliphatic imine (C=N–C) groups is 1. The lowest BCUT2D eigenvalue weighted by Gasteiger charge is -2.17. The second-order valence-electron chi connectivity index (χ2n) is 5.87. The normalized spacial score (nSPS) is 10.9. The third-order valence-electron chi connectivity index (χ3n) is 4.18. The van der Waals surface area contributed by atoms with E-state index in [-0.39, 0.29) is 0 Å². The van der Waals surface area contributed by atoms with Gasteiger partial charge < -0.3 is 34.3 Å². The summed E-state index contributed by atoms with van der Waals surface area (Å²) in [5, 5.41) is 6.51. The third-order valence-corrected chi connectivity index (χ3v) is 4.18. The Hall–Kier alpha value is -3.29. The minimum absolute atomic E-state index is 0.470. The molecule has 2 rings (SSSR count). The van der Waals surface area contributed by atoms with Gasteiger partial charge in [-0.2, -0.15) is 0 Å². The first-order valence-electron chi connectivity index (χ1n) is 9.17. The van der Waals surface area contributed by atoms with Crippen LogP contribution in [0.15, 0.2) is 35.3 Å². The molecule has 0 amide bonds. The van der Waals surface area contributed by atoms with Gasteiger partial charge in [0.15, 0.2) is 29.0 Å². The molecule has 0 aliphatic heterocycles. The maximum absolute atomic E-state index is 5.62. The summed E-state index contributed by atoms with van der Waals surface area (Å²) in [7, 11) is 8.12. The largest absolute Gasteiger partial charge is 0.496 e. The lowest BCUT2D eigenvalue weighted by Crippen LogP contribution is -2.30. The molecule has 0 saturated carbocycles. The molecule has 0 fully saturated rings. The van der Waals surface area contributed by atoms with Crippen LogP contribution in [0.25, 0.3) is 0 Å². The van der Waals surface area contributed by atoms with Crippen LogP contribution in [0.1, 0.15) is 12.5 Å². The van der Waals surface area contributed by atoms with E-state index < -0.39 is 0 Å². The standard InChI is InChI=1S/C21H29N3O5/c1-7-29-20-11-15(8-9-16(20)25-3)24-21(22-2)23-13-14-10-18(27-5)19(28-6)12-17(14)26-4/h8-12H,7,13H2,1-6H3,(H2,22,23,24). The van der Waals surface area contributed by atoms with Gasteiger partial charge in [0, 0.05) is 37.0 Å². The van der Waals surface area contributed by atoms with Gasteiger partial charge >= 0.3 is 0 Å². The molecular formula is C21H29N3O5. The summed E-state index contributed by atoms with van der Waals surface area (Å²) in [6.07, 6.45) is 0. The molecule has 0 radical (unpaired) electrons. The minimum Gasteiger partial charge on any atom is -0.496 e. The Bertz CT molecular complexity index is 839. The zero-order valence-corrected chi connectivity index (χ0v) is 17.8. The van der Waals surface area contributed by atoms with Crippen LogP contribution in [-0.4, -0.2) is 48.1 Å². The van der Waals surface area contributed by atoms with Gasteiger partial charge in [-0.25, -0.2) is 0 Å². The second-order valence-corrected chi connectivity index (χ2v) is 5.87. The number of nitrogens with one attached hydrogen (secondary N) is 2. The molecule has 2 aromatic carbocycles. The number of nitrogens with zero attached hydrogens (tertiary/aromatic N) is 1. The Balaban J connectivity index is 2.14. The predicted octanol–water partition coefficient (Wildman–Crippen LogP) is 3.31. The van der Waals surface area contributed by atoms with E-state index in [0.29, 0.717) is 47.9 Å². The molecule has 0 bridgehead atoms. The highest BCUT2D eigenvalue weighted by Crippen LogP contribution is 2.34. The zero-order valence-electron chi connectivity index (χ0n) is 17.8. The second kappa shape index (κ2) is 10.9. The number of guanidine groups is 1. The molecule has 29 heavy (non-hydrogen) atoms. The maximum Gasteiger partial charge on any atom is 0.195 e. The van der Waals surface area contributed by atoms with Crippen molar-refractivity contribution in [2.24, 2.45) is 4.99 Å². The van der Waals surface area contributed by atoms with Crippen molar-refractivity contribution in [2.45, 2.75) is 13.5 Å². The SMILES string of the molecule is CCOc1cc(NC(=NC)NCc2cc(OC)c(OC)cc2OC)ccc1OC. The molecule has 0 aromatic heterocycles. The minimum atomic E-state index is 0.470. The number of benzene rings is 2. The van der Waals surface area contributed by atoms with Crippen molar-refractivity contribution in [3.8, 4) is 28.7 Å². The van der Waals surface area contributed by atoms with Crippen LogP contribution in [-0.2, 0) is 6.54 Å². The van der Waals surface area contributed by atoms with Gasteiger partial charge in [0.25, 0.3) is 0 Å². The fourth-order valence-electron chi connectivity index (χ4n) is 2.75. The van der Waals surface area contributed by atoms with E-state index in [4.69, 9.17) is 23.7 Å². The lowest BCUT2D eigenvalue weighted by molar-refractivity contribution is 0.311. The number of rotatable bonds is 9. The zero-order chi connectivity index (χ0) is 21.2. The van der Waals surface area contributed by atoms with Crippen molar-refractivity contribution in [1.29, 1.82) is 0 Å². The van der Waals surface area contributed by atoms with E-state index >= 15 is 0 Å². The van der Waals surface area contributed by atoms with E-state index in [1.165, 1.54) is 0 Å². The van der Waals surface area contributed by atoms with Crippen LogP contribution in [0.4, 0.5) is 5.69 Å². The van der Waals surface area contributed by atoms with Crippen molar-refractivity contribution in [2.75, 3.05) is 47.4 Å². The van der Waals surface area contributed by atoms with Gasteiger partial charge in [-0.15, -0.1) is 0 Å². The fraction of sp³-hybridized carbons (Fsp3) is 0.381. The van der Waals surface area contributed by atoms with Gasteiger partial charge in [0.2, 0.25) is 0 Å². The monoisotopic (exact) mass is 403 g/mol. The summed E-state index contributed by atoms with van der Waals surface area (Å²) >= 11 is 0. The topological polar surface area (TPSA) is 82.6 Å². The van der Waals surface area contributed by atoms with Crippen molar-refractivity contribution in [3.63, 3.8) is 0 Å². The van der Waals surface area contributed by atoms with Crippen LogP contribution in [0, 0.1) is 0 Å². The van der Waals surface area contributed by atoms with Crippen LogP contribution in [0.5, 0.6) is 28.7 Å². The molecule has 2 aromatic rings. The summed E-state index contributed by atoms with van der Waals surface area (Å²) in [5.41, 5.74) is 1.72. The highest BCUT2D eigenvalue weighted by molar-refractivity contribution is 5.93. The summed E-state index contributed by atoms with van der Waals surface area (Å²) in [6, 6.07) is 9.28. The van der Waals surface area contributed by atoms with Crippen molar-refractivity contribution >= 4 is 11.6 Å². The highest BCUT2D eigenvalue weighted by atomic mass is 16.5. The van der Waals surface area contributed by atoms with Crippen LogP contribution in [0.3, 0.4) is 0 Å². The molecule has 8 nitrogen and oxygen atoms in total. The molecule has 8 heteroatoms. The average Bonchev–Trinajstić information content (AvgIpc) is 2.76. The smallest absolute Gasteiger partial charge is 0.195 e. The summed E-state index contributed by atoms with van der Waals surface area (Å²) in [6.45, 7) is 2.94. The Morgan fingerprint density at radius 2 is 1.48 bits per heavy atom. The Morgan fingerprint density at radius 3 is 2.07 bits per heavy atom. The number of hydrogen-bond acceptors (Lipinski definition) is 6. The molecule has 0 heterocycles. The van der Waals surface area contributed by atoms with Gasteiger partial charge in [-0.1, -0.05) is 0 Å². The van der Waals surface area contributed by atoms with E-state index in [9.17, 15) is 0 Å². The molecule has 0 spiro atoms.